The second-order valence-corrected chi connectivity index (χ2v) is 10.8. The first kappa shape index (κ1) is 29.5. The molecule has 3 aromatic rings. The van der Waals surface area contributed by atoms with Gasteiger partial charge >= 0.3 is 12.3 Å². The zero-order valence-electron chi connectivity index (χ0n) is 22.8. The molecule has 1 saturated heterocycles. The molecule has 42 heavy (non-hydrogen) atoms. The van der Waals surface area contributed by atoms with Crippen molar-refractivity contribution in [2.24, 2.45) is 0 Å². The number of fused-ring (bicyclic) bond motifs is 2. The van der Waals surface area contributed by atoms with E-state index in [0.717, 1.165) is 12.1 Å². The molecule has 2 amide bonds. The minimum absolute atomic E-state index is 0.101. The van der Waals surface area contributed by atoms with Crippen molar-refractivity contribution in [1.29, 1.82) is 0 Å². The summed E-state index contributed by atoms with van der Waals surface area (Å²) in [4.78, 5) is 27.8. The van der Waals surface area contributed by atoms with Gasteiger partial charge in [-0.2, -0.15) is 13.2 Å². The largest absolute Gasteiger partial charge is 0.438 e. The molecule has 2 unspecified atom stereocenters. The predicted octanol–water partition coefficient (Wildman–Crippen LogP) is 6.72. The van der Waals surface area contributed by atoms with Gasteiger partial charge in [0.2, 0.25) is 5.91 Å². The maximum atomic E-state index is 14.1. The van der Waals surface area contributed by atoms with Gasteiger partial charge in [-0.25, -0.2) is 13.6 Å². The minimum Gasteiger partial charge on any atom is -0.438 e. The van der Waals surface area contributed by atoms with E-state index in [1.807, 2.05) is 6.92 Å². The van der Waals surface area contributed by atoms with Crippen LogP contribution in [0.4, 0.5) is 32.4 Å². The van der Waals surface area contributed by atoms with E-state index < -0.39 is 46.9 Å². The lowest BCUT2D eigenvalue weighted by atomic mass is 9.81. The molecule has 1 spiro atoms. The van der Waals surface area contributed by atoms with Crippen molar-refractivity contribution in [3.8, 4) is 0 Å². The topological polar surface area (TPSA) is 70.7 Å². The van der Waals surface area contributed by atoms with E-state index in [-0.39, 0.29) is 12.6 Å². The number of alkyl halides is 3. The van der Waals surface area contributed by atoms with Gasteiger partial charge in [-0.1, -0.05) is 24.3 Å². The molecule has 3 aromatic carbocycles. The van der Waals surface area contributed by atoms with Crippen molar-refractivity contribution in [3.05, 3.63) is 101 Å². The Morgan fingerprint density at radius 2 is 1.71 bits per heavy atom. The van der Waals surface area contributed by atoms with E-state index in [1.54, 1.807) is 0 Å². The first-order valence-corrected chi connectivity index (χ1v) is 13.7. The number of benzene rings is 3. The summed E-state index contributed by atoms with van der Waals surface area (Å²) in [6.07, 6.45) is -3.90. The molecule has 5 rings (SSSR count). The van der Waals surface area contributed by atoms with Crippen LogP contribution in [0.1, 0.15) is 54.4 Å². The van der Waals surface area contributed by atoms with Crippen molar-refractivity contribution >= 4 is 17.7 Å². The normalized spacial score (nSPS) is 18.0. The smallest absolute Gasteiger partial charge is 0.416 e. The number of nitrogens with zero attached hydrogens (tertiary/aromatic N) is 1. The third-order valence-electron chi connectivity index (χ3n) is 8.11. The number of likely N-dealkylation sites (tertiary alicyclic amines) is 1. The lowest BCUT2D eigenvalue weighted by molar-refractivity contribution is -0.137. The summed E-state index contributed by atoms with van der Waals surface area (Å²) in [5, 5.41) is 5.37. The Bertz CT molecular complexity index is 1450. The summed E-state index contributed by atoms with van der Waals surface area (Å²) < 4.78 is 72.9. The van der Waals surface area contributed by atoms with Crippen LogP contribution in [-0.4, -0.2) is 36.0 Å². The molecule has 11 heteroatoms. The number of carbonyl (C=O) groups is 2. The quantitative estimate of drug-likeness (QED) is 0.302. The van der Waals surface area contributed by atoms with Crippen LogP contribution in [0.2, 0.25) is 0 Å². The second kappa shape index (κ2) is 11.7. The lowest BCUT2D eigenvalue weighted by Gasteiger charge is -2.46. The number of ether oxygens (including phenoxy) is 1. The number of halogens is 5. The predicted molar refractivity (Wildman–Crippen MR) is 145 cm³/mol. The van der Waals surface area contributed by atoms with Crippen LogP contribution in [0.15, 0.2) is 66.7 Å². The van der Waals surface area contributed by atoms with Crippen molar-refractivity contribution in [3.63, 3.8) is 0 Å². The molecule has 1 fully saturated rings. The van der Waals surface area contributed by atoms with Crippen LogP contribution in [0, 0.1) is 11.6 Å². The van der Waals surface area contributed by atoms with Gasteiger partial charge in [0.05, 0.1) is 17.2 Å². The SMILES string of the molecule is CC(CC(C(=O)NCc1cccc(C(F)(F)F)c1)c1ccc(F)cc1)N1CCC2(CC1)OC(=O)Nc1ccc(F)cc12. The Kier molecular flexibility index (Phi) is 8.23. The van der Waals surface area contributed by atoms with Crippen molar-refractivity contribution in [2.75, 3.05) is 18.4 Å². The Hall–Kier alpha value is -3.99. The highest BCUT2D eigenvalue weighted by molar-refractivity contribution is 5.89. The number of rotatable bonds is 7. The summed E-state index contributed by atoms with van der Waals surface area (Å²) in [7, 11) is 0. The van der Waals surface area contributed by atoms with Gasteiger partial charge in [0.1, 0.15) is 17.2 Å². The fourth-order valence-corrected chi connectivity index (χ4v) is 5.82. The summed E-state index contributed by atoms with van der Waals surface area (Å²) in [6.45, 7) is 2.87. The molecule has 2 atom stereocenters. The number of nitrogens with one attached hydrogen (secondary N) is 2. The molecule has 0 saturated carbocycles. The maximum absolute atomic E-state index is 14.1. The van der Waals surface area contributed by atoms with Crippen LogP contribution >= 0.6 is 0 Å². The Morgan fingerprint density at radius 1 is 1.02 bits per heavy atom. The first-order valence-electron chi connectivity index (χ1n) is 13.7. The molecule has 2 aliphatic heterocycles. The number of piperidine rings is 1. The minimum atomic E-state index is -4.50. The molecule has 0 radical (unpaired) electrons. The highest BCUT2D eigenvalue weighted by atomic mass is 19.4. The monoisotopic (exact) mass is 587 g/mol. The molecule has 6 nitrogen and oxygen atoms in total. The molecule has 2 heterocycles. The molecule has 222 valence electrons. The average Bonchev–Trinajstić information content (AvgIpc) is 2.95. The van der Waals surface area contributed by atoms with Gasteiger partial charge in [0, 0.05) is 44.1 Å². The molecule has 2 N–H and O–H groups in total. The second-order valence-electron chi connectivity index (χ2n) is 10.8. The number of carbonyl (C=O) groups excluding carboxylic acids is 2. The number of amides is 2. The zero-order valence-corrected chi connectivity index (χ0v) is 22.8. The third kappa shape index (κ3) is 6.41. The first-order chi connectivity index (χ1) is 19.9. The maximum Gasteiger partial charge on any atom is 0.416 e. The number of hydrogen-bond donors (Lipinski definition) is 2. The van der Waals surface area contributed by atoms with Crippen molar-refractivity contribution in [2.45, 2.75) is 56.5 Å². The summed E-state index contributed by atoms with van der Waals surface area (Å²) in [6, 6.07) is 14.4. The van der Waals surface area contributed by atoms with Gasteiger partial charge in [-0.05, 0) is 66.9 Å². The Morgan fingerprint density at radius 3 is 2.40 bits per heavy atom. The Balaban J connectivity index is 1.28. The van der Waals surface area contributed by atoms with E-state index in [2.05, 4.69) is 15.5 Å². The number of hydrogen-bond acceptors (Lipinski definition) is 4. The molecular formula is C31H30F5N3O3. The molecular weight excluding hydrogens is 557 g/mol. The van der Waals surface area contributed by atoms with Crippen LogP contribution in [-0.2, 0) is 27.9 Å². The fraction of sp³-hybridized carbons (Fsp3) is 0.355. The van der Waals surface area contributed by atoms with Crippen molar-refractivity contribution in [1.82, 2.24) is 10.2 Å². The summed E-state index contributed by atoms with van der Waals surface area (Å²) in [5.74, 6) is -1.98. The highest BCUT2D eigenvalue weighted by Crippen LogP contribution is 2.44. The highest BCUT2D eigenvalue weighted by Gasteiger charge is 2.45. The third-order valence-corrected chi connectivity index (χ3v) is 8.11. The Labute approximate surface area is 239 Å². The standard InChI is InChI=1S/C31H30F5N3O3/c1-19(39-13-11-30(12-14-39)26-17-24(33)9-10-27(26)38-29(41)42-30)15-25(21-5-7-23(32)8-6-21)28(40)37-18-20-3-2-4-22(16-20)31(34,35)36/h2-10,16-17,19,25H,11-15,18H2,1H3,(H,37,40)(H,38,41). The fourth-order valence-electron chi connectivity index (χ4n) is 5.82. The molecule has 0 bridgehead atoms. The van der Waals surface area contributed by atoms with E-state index in [9.17, 15) is 31.5 Å². The molecule has 0 aliphatic carbocycles. The van der Waals surface area contributed by atoms with E-state index in [0.29, 0.717) is 54.7 Å². The van der Waals surface area contributed by atoms with Crippen molar-refractivity contribution < 1.29 is 36.3 Å². The van der Waals surface area contributed by atoms with Gasteiger partial charge in [0.15, 0.2) is 0 Å². The van der Waals surface area contributed by atoms with Crippen LogP contribution in [0.5, 0.6) is 0 Å². The average molecular weight is 588 g/mol. The van der Waals surface area contributed by atoms with E-state index >= 15 is 0 Å². The van der Waals surface area contributed by atoms with Gasteiger partial charge in [-0.15, -0.1) is 0 Å². The lowest BCUT2D eigenvalue weighted by Crippen LogP contribution is -2.50. The van der Waals surface area contributed by atoms with E-state index in [1.165, 1.54) is 54.6 Å². The number of anilines is 1. The van der Waals surface area contributed by atoms with Gasteiger partial charge in [-0.3, -0.25) is 10.1 Å². The summed E-state index contributed by atoms with van der Waals surface area (Å²) in [5.41, 5.74) is 0.226. The van der Waals surface area contributed by atoms with Gasteiger partial charge < -0.3 is 15.0 Å². The van der Waals surface area contributed by atoms with Gasteiger partial charge in [0.25, 0.3) is 0 Å². The van der Waals surface area contributed by atoms with Crippen LogP contribution < -0.4 is 10.6 Å². The van der Waals surface area contributed by atoms with Crippen LogP contribution in [0.25, 0.3) is 0 Å². The van der Waals surface area contributed by atoms with E-state index in [4.69, 9.17) is 4.74 Å². The molecule has 2 aliphatic rings. The zero-order chi connectivity index (χ0) is 30.1. The molecule has 0 aromatic heterocycles. The van der Waals surface area contributed by atoms with Crippen LogP contribution in [0.3, 0.4) is 0 Å². The summed E-state index contributed by atoms with van der Waals surface area (Å²) >= 11 is 0.